The zero-order valence-electron chi connectivity index (χ0n) is 10.8. The molecule has 0 bridgehead atoms. The summed E-state index contributed by atoms with van der Waals surface area (Å²) >= 11 is 5.65. The summed E-state index contributed by atoms with van der Waals surface area (Å²) in [6, 6.07) is 4.33. The highest BCUT2D eigenvalue weighted by atomic mass is 35.5. The second-order valence-electron chi connectivity index (χ2n) is 4.83. The average molecular weight is 273 g/mol. The van der Waals surface area contributed by atoms with Gasteiger partial charge in [-0.25, -0.2) is 4.39 Å². The lowest BCUT2D eigenvalue weighted by atomic mass is 9.88. The Morgan fingerprint density at radius 2 is 2.17 bits per heavy atom. The highest BCUT2D eigenvalue weighted by Gasteiger charge is 2.29. The Kier molecular flexibility index (Phi) is 4.71. The number of nitrogens with one attached hydrogen (secondary N) is 1. The van der Waals surface area contributed by atoms with Crippen molar-refractivity contribution in [2.75, 3.05) is 6.54 Å². The molecular formula is C13H18ClFN2O. The van der Waals surface area contributed by atoms with E-state index in [2.05, 4.69) is 5.32 Å². The number of hydrogen-bond acceptors (Lipinski definition) is 2. The van der Waals surface area contributed by atoms with Crippen molar-refractivity contribution in [2.24, 2.45) is 11.7 Å². The Bertz CT molecular complexity index is 451. The highest BCUT2D eigenvalue weighted by Crippen LogP contribution is 2.20. The second-order valence-corrected chi connectivity index (χ2v) is 5.24. The molecule has 0 radical (unpaired) electrons. The third-order valence-corrected chi connectivity index (χ3v) is 3.59. The Labute approximate surface area is 112 Å². The first-order valence-corrected chi connectivity index (χ1v) is 6.16. The number of halogens is 2. The van der Waals surface area contributed by atoms with Crippen LogP contribution in [0.1, 0.15) is 31.1 Å². The third kappa shape index (κ3) is 3.00. The molecule has 0 aromatic heterocycles. The van der Waals surface area contributed by atoms with Crippen molar-refractivity contribution in [3.05, 3.63) is 34.6 Å². The van der Waals surface area contributed by atoms with E-state index in [9.17, 15) is 9.18 Å². The van der Waals surface area contributed by atoms with Crippen molar-refractivity contribution in [2.45, 2.75) is 26.3 Å². The fraction of sp³-hybridized carbons (Fsp3) is 0.462. The van der Waals surface area contributed by atoms with Gasteiger partial charge in [-0.2, -0.15) is 0 Å². The van der Waals surface area contributed by atoms with E-state index in [-0.39, 0.29) is 23.0 Å². The quantitative estimate of drug-likeness (QED) is 0.885. The topological polar surface area (TPSA) is 55.1 Å². The Morgan fingerprint density at radius 3 is 2.67 bits per heavy atom. The largest absolute Gasteiger partial charge is 0.345 e. The first-order valence-electron chi connectivity index (χ1n) is 5.78. The van der Waals surface area contributed by atoms with E-state index in [1.165, 1.54) is 18.2 Å². The SMILES string of the molecule is CC(C)C(C)(CN)NC(=O)c1cccc(Cl)c1F. The number of nitrogens with two attached hydrogens (primary N) is 1. The molecule has 1 aromatic carbocycles. The van der Waals surface area contributed by atoms with Crippen LogP contribution in [0.2, 0.25) is 5.02 Å². The van der Waals surface area contributed by atoms with Crippen LogP contribution in [0.25, 0.3) is 0 Å². The minimum absolute atomic E-state index is 0.0668. The molecule has 0 spiro atoms. The molecule has 3 nitrogen and oxygen atoms in total. The van der Waals surface area contributed by atoms with E-state index in [4.69, 9.17) is 17.3 Å². The van der Waals surface area contributed by atoms with Crippen molar-refractivity contribution < 1.29 is 9.18 Å². The number of carbonyl (C=O) groups is 1. The van der Waals surface area contributed by atoms with E-state index in [0.717, 1.165) is 0 Å². The first kappa shape index (κ1) is 14.9. The summed E-state index contributed by atoms with van der Waals surface area (Å²) in [5.74, 6) is -1.08. The maximum atomic E-state index is 13.7. The number of hydrogen-bond donors (Lipinski definition) is 2. The van der Waals surface area contributed by atoms with Gasteiger partial charge in [-0.3, -0.25) is 4.79 Å². The fourth-order valence-electron chi connectivity index (χ4n) is 1.44. The van der Waals surface area contributed by atoms with Crippen molar-refractivity contribution in [3.8, 4) is 0 Å². The smallest absolute Gasteiger partial charge is 0.254 e. The number of benzene rings is 1. The summed E-state index contributed by atoms with van der Waals surface area (Å²) in [6.07, 6.45) is 0. The molecule has 5 heteroatoms. The standard InChI is InChI=1S/C13H18ClFN2O/c1-8(2)13(3,7-16)17-12(18)9-5-4-6-10(14)11(9)15/h4-6,8H,7,16H2,1-3H3,(H,17,18). The average Bonchev–Trinajstić information content (AvgIpc) is 2.32. The maximum absolute atomic E-state index is 13.7. The van der Waals surface area contributed by atoms with Crippen LogP contribution >= 0.6 is 11.6 Å². The lowest BCUT2D eigenvalue weighted by Crippen LogP contribution is -2.55. The molecule has 0 fully saturated rings. The van der Waals surface area contributed by atoms with Crippen molar-refractivity contribution in [1.82, 2.24) is 5.32 Å². The summed E-state index contributed by atoms with van der Waals surface area (Å²) in [5, 5.41) is 2.70. The minimum Gasteiger partial charge on any atom is -0.345 e. The van der Waals surface area contributed by atoms with Crippen molar-refractivity contribution >= 4 is 17.5 Å². The lowest BCUT2D eigenvalue weighted by molar-refractivity contribution is 0.0879. The van der Waals surface area contributed by atoms with Gasteiger partial charge < -0.3 is 11.1 Å². The van der Waals surface area contributed by atoms with Gasteiger partial charge in [0.05, 0.1) is 16.1 Å². The first-order chi connectivity index (χ1) is 8.31. The second kappa shape index (κ2) is 5.67. The molecule has 100 valence electrons. The van der Waals surface area contributed by atoms with E-state index in [0.29, 0.717) is 0 Å². The maximum Gasteiger partial charge on any atom is 0.254 e. The predicted octanol–water partition coefficient (Wildman–Crippen LogP) is 2.58. The van der Waals surface area contributed by atoms with Crippen molar-refractivity contribution in [3.63, 3.8) is 0 Å². The van der Waals surface area contributed by atoms with Crippen LogP contribution < -0.4 is 11.1 Å². The molecule has 18 heavy (non-hydrogen) atoms. The molecule has 0 heterocycles. The van der Waals surface area contributed by atoms with Gasteiger partial charge in [-0.1, -0.05) is 31.5 Å². The zero-order valence-corrected chi connectivity index (χ0v) is 11.5. The van der Waals surface area contributed by atoms with Crippen LogP contribution in [-0.2, 0) is 0 Å². The zero-order chi connectivity index (χ0) is 13.9. The van der Waals surface area contributed by atoms with Gasteiger partial charge in [0.25, 0.3) is 5.91 Å². The van der Waals surface area contributed by atoms with Gasteiger partial charge in [0.1, 0.15) is 0 Å². The van der Waals surface area contributed by atoms with Gasteiger partial charge in [0.15, 0.2) is 5.82 Å². The van der Waals surface area contributed by atoms with E-state index in [1.54, 1.807) is 0 Å². The Balaban J connectivity index is 2.99. The molecule has 1 aromatic rings. The molecule has 3 N–H and O–H groups in total. The highest BCUT2D eigenvalue weighted by molar-refractivity contribution is 6.31. The van der Waals surface area contributed by atoms with Crippen molar-refractivity contribution in [1.29, 1.82) is 0 Å². The summed E-state index contributed by atoms with van der Waals surface area (Å²) < 4.78 is 13.7. The van der Waals surface area contributed by atoms with Gasteiger partial charge in [-0.15, -0.1) is 0 Å². The Morgan fingerprint density at radius 1 is 1.56 bits per heavy atom. The van der Waals surface area contributed by atoms with Crippen LogP contribution in [0.15, 0.2) is 18.2 Å². The molecule has 0 saturated heterocycles. The van der Waals surface area contributed by atoms with Gasteiger partial charge in [0, 0.05) is 6.54 Å². The van der Waals surface area contributed by atoms with Crippen LogP contribution in [-0.4, -0.2) is 18.0 Å². The number of rotatable bonds is 4. The number of carbonyl (C=O) groups excluding carboxylic acids is 1. The lowest BCUT2D eigenvalue weighted by Gasteiger charge is -2.33. The van der Waals surface area contributed by atoms with Gasteiger partial charge in [-0.05, 0) is 25.0 Å². The van der Waals surface area contributed by atoms with E-state index < -0.39 is 17.3 Å². The van der Waals surface area contributed by atoms with E-state index >= 15 is 0 Å². The summed E-state index contributed by atoms with van der Waals surface area (Å²) in [5.41, 5.74) is 5.02. The molecule has 0 aliphatic rings. The fourth-order valence-corrected chi connectivity index (χ4v) is 1.61. The monoisotopic (exact) mass is 272 g/mol. The van der Waals surface area contributed by atoms with Crippen LogP contribution in [0, 0.1) is 11.7 Å². The Hall–Kier alpha value is -1.13. The number of amides is 1. The summed E-state index contributed by atoms with van der Waals surface area (Å²) in [6.45, 7) is 6.00. The molecule has 1 amide bonds. The summed E-state index contributed by atoms with van der Waals surface area (Å²) in [7, 11) is 0. The van der Waals surface area contributed by atoms with E-state index in [1.807, 2.05) is 20.8 Å². The van der Waals surface area contributed by atoms with Crippen LogP contribution in [0.5, 0.6) is 0 Å². The molecular weight excluding hydrogens is 255 g/mol. The normalized spacial score (nSPS) is 14.4. The molecule has 0 saturated carbocycles. The van der Waals surface area contributed by atoms with Gasteiger partial charge in [0.2, 0.25) is 0 Å². The van der Waals surface area contributed by atoms with Crippen LogP contribution in [0.3, 0.4) is 0 Å². The molecule has 0 aliphatic carbocycles. The van der Waals surface area contributed by atoms with Gasteiger partial charge >= 0.3 is 0 Å². The molecule has 0 aliphatic heterocycles. The third-order valence-electron chi connectivity index (χ3n) is 3.29. The molecule has 1 atom stereocenters. The summed E-state index contributed by atoms with van der Waals surface area (Å²) in [4.78, 5) is 12.0. The minimum atomic E-state index is -0.709. The molecule has 1 rings (SSSR count). The molecule has 1 unspecified atom stereocenters. The van der Waals surface area contributed by atoms with Crippen LogP contribution in [0.4, 0.5) is 4.39 Å². The predicted molar refractivity (Wildman–Crippen MR) is 71.2 cm³/mol.